The molecule has 0 fully saturated rings. The average Bonchev–Trinajstić information content (AvgIpc) is 3.25. The number of nitrogens with zero attached hydrogens (tertiary/aromatic N) is 1. The predicted octanol–water partition coefficient (Wildman–Crippen LogP) is 4.25. The fourth-order valence-corrected chi connectivity index (χ4v) is 4.43. The number of unbranched alkanes of at least 4 members (excludes halogenated alkanes) is 1. The molecule has 6 heteroatoms. The zero-order valence-electron chi connectivity index (χ0n) is 15.3. The topological polar surface area (TPSA) is 79.2 Å². The van der Waals surface area contributed by atoms with Crippen molar-refractivity contribution in [3.05, 3.63) is 51.4 Å². The minimum absolute atomic E-state index is 0.371. The first kappa shape index (κ1) is 19.1. The number of esters is 1. The van der Waals surface area contributed by atoms with Gasteiger partial charge >= 0.3 is 5.97 Å². The second kappa shape index (κ2) is 8.83. The summed E-state index contributed by atoms with van der Waals surface area (Å²) in [6.07, 6.45) is 6.11. The maximum Gasteiger partial charge on any atom is 0.338 e. The Bertz CT molecular complexity index is 878. The first-order valence-corrected chi connectivity index (χ1v) is 10.0. The molecule has 1 aromatic heterocycles. The summed E-state index contributed by atoms with van der Waals surface area (Å²) in [5.74, 6) is -0.958. The van der Waals surface area contributed by atoms with Crippen LogP contribution in [0.25, 0.3) is 0 Å². The Kier molecular flexibility index (Phi) is 6.25. The van der Waals surface area contributed by atoms with Crippen molar-refractivity contribution >= 4 is 28.2 Å². The van der Waals surface area contributed by atoms with Gasteiger partial charge in [0.25, 0.3) is 5.91 Å². The van der Waals surface area contributed by atoms with Gasteiger partial charge in [-0.15, -0.1) is 11.3 Å². The first-order chi connectivity index (χ1) is 13.1. The number of hydrogen-bond donors (Lipinski definition) is 1. The quantitative estimate of drug-likeness (QED) is 0.726. The Balaban J connectivity index is 1.53. The molecule has 0 unspecified atom stereocenters. The molecule has 0 spiro atoms. The summed E-state index contributed by atoms with van der Waals surface area (Å²) < 4.78 is 5.10. The molecule has 1 N–H and O–H groups in total. The first-order valence-electron chi connectivity index (χ1n) is 9.23. The highest BCUT2D eigenvalue weighted by molar-refractivity contribution is 7.16. The summed E-state index contributed by atoms with van der Waals surface area (Å²) in [5, 5.41) is 12.6. The lowest BCUT2D eigenvalue weighted by Gasteiger charge is -2.07. The third kappa shape index (κ3) is 4.55. The van der Waals surface area contributed by atoms with Gasteiger partial charge in [-0.2, -0.15) is 5.26 Å². The lowest BCUT2D eigenvalue weighted by atomic mass is 10.1. The minimum Gasteiger partial charge on any atom is -0.452 e. The monoisotopic (exact) mass is 382 g/mol. The Morgan fingerprint density at radius 2 is 2.04 bits per heavy atom. The van der Waals surface area contributed by atoms with Gasteiger partial charge in [-0.25, -0.2) is 4.79 Å². The van der Waals surface area contributed by atoms with Crippen molar-refractivity contribution in [2.24, 2.45) is 0 Å². The van der Waals surface area contributed by atoms with E-state index in [9.17, 15) is 14.9 Å². The van der Waals surface area contributed by atoms with Gasteiger partial charge in [0.05, 0.1) is 11.1 Å². The van der Waals surface area contributed by atoms with E-state index in [1.807, 2.05) is 12.1 Å². The number of hydrogen-bond acceptors (Lipinski definition) is 5. The number of nitrogens with one attached hydrogen (secondary N) is 1. The van der Waals surface area contributed by atoms with E-state index < -0.39 is 11.9 Å². The number of ether oxygens (including phenoxy) is 1. The van der Waals surface area contributed by atoms with E-state index >= 15 is 0 Å². The van der Waals surface area contributed by atoms with Crippen LogP contribution >= 0.6 is 11.3 Å². The summed E-state index contributed by atoms with van der Waals surface area (Å²) in [6, 6.07) is 9.46. The molecule has 1 amide bonds. The molecule has 1 heterocycles. The number of anilines is 1. The van der Waals surface area contributed by atoms with Crippen molar-refractivity contribution in [1.29, 1.82) is 5.26 Å². The lowest BCUT2D eigenvalue weighted by molar-refractivity contribution is -0.119. The highest BCUT2D eigenvalue weighted by atomic mass is 32.1. The molecule has 5 nitrogen and oxygen atoms in total. The summed E-state index contributed by atoms with van der Waals surface area (Å²) in [6.45, 7) is 1.77. The molecule has 1 aromatic carbocycles. The van der Waals surface area contributed by atoms with Crippen LogP contribution in [0.3, 0.4) is 0 Å². The highest BCUT2D eigenvalue weighted by Gasteiger charge is 2.23. The second-order valence-electron chi connectivity index (χ2n) is 6.60. The lowest BCUT2D eigenvalue weighted by Crippen LogP contribution is -2.21. The van der Waals surface area contributed by atoms with E-state index in [0.29, 0.717) is 16.1 Å². The average molecular weight is 382 g/mol. The van der Waals surface area contributed by atoms with Crippen molar-refractivity contribution in [1.82, 2.24) is 0 Å². The van der Waals surface area contributed by atoms with Crippen LogP contribution in [0.2, 0.25) is 0 Å². The summed E-state index contributed by atoms with van der Waals surface area (Å²) in [7, 11) is 0. The van der Waals surface area contributed by atoms with E-state index in [4.69, 9.17) is 4.74 Å². The fourth-order valence-electron chi connectivity index (χ4n) is 3.18. The van der Waals surface area contributed by atoms with Crippen LogP contribution < -0.4 is 5.32 Å². The normalized spacial score (nSPS) is 12.3. The van der Waals surface area contributed by atoms with Crippen LogP contribution in [0.5, 0.6) is 0 Å². The number of aryl methyl sites for hydroxylation is 2. The summed E-state index contributed by atoms with van der Waals surface area (Å²) in [4.78, 5) is 25.4. The zero-order valence-corrected chi connectivity index (χ0v) is 16.2. The van der Waals surface area contributed by atoms with Crippen LogP contribution in [0.15, 0.2) is 24.3 Å². The fraction of sp³-hybridized carbons (Fsp3) is 0.381. The van der Waals surface area contributed by atoms with E-state index in [1.165, 1.54) is 21.8 Å². The van der Waals surface area contributed by atoms with Crippen LogP contribution in [0, 0.1) is 11.3 Å². The Hall–Kier alpha value is -2.65. The highest BCUT2D eigenvalue weighted by Crippen LogP contribution is 2.38. The van der Waals surface area contributed by atoms with Gasteiger partial charge < -0.3 is 10.1 Å². The third-order valence-corrected chi connectivity index (χ3v) is 5.84. The van der Waals surface area contributed by atoms with E-state index in [-0.39, 0.29) is 6.61 Å². The van der Waals surface area contributed by atoms with Crippen LogP contribution in [0.1, 0.15) is 58.1 Å². The number of thiophene rings is 1. The summed E-state index contributed by atoms with van der Waals surface area (Å²) >= 11 is 1.45. The van der Waals surface area contributed by atoms with E-state index in [0.717, 1.165) is 44.1 Å². The molecule has 0 saturated carbocycles. The minimum atomic E-state index is -0.527. The van der Waals surface area contributed by atoms with Crippen molar-refractivity contribution in [3.63, 3.8) is 0 Å². The molecular formula is C21H22N2O3S. The van der Waals surface area contributed by atoms with Gasteiger partial charge in [0.2, 0.25) is 0 Å². The smallest absolute Gasteiger partial charge is 0.338 e. The zero-order chi connectivity index (χ0) is 19.2. The number of amides is 1. The molecule has 1 aliphatic rings. The van der Waals surface area contributed by atoms with Crippen molar-refractivity contribution in [2.45, 2.75) is 45.4 Å². The van der Waals surface area contributed by atoms with Crippen LogP contribution in [-0.2, 0) is 28.8 Å². The van der Waals surface area contributed by atoms with E-state index in [2.05, 4.69) is 18.3 Å². The third-order valence-electron chi connectivity index (χ3n) is 4.63. The number of carbonyl (C=O) groups excluding carboxylic acids is 2. The van der Waals surface area contributed by atoms with Crippen molar-refractivity contribution in [3.8, 4) is 6.07 Å². The van der Waals surface area contributed by atoms with Crippen LogP contribution in [-0.4, -0.2) is 18.5 Å². The largest absolute Gasteiger partial charge is 0.452 e. The van der Waals surface area contributed by atoms with Gasteiger partial charge in [0.15, 0.2) is 6.61 Å². The molecule has 0 bridgehead atoms. The molecule has 0 aliphatic heterocycles. The molecule has 3 rings (SSSR count). The molecule has 0 radical (unpaired) electrons. The molecule has 2 aromatic rings. The van der Waals surface area contributed by atoms with E-state index in [1.54, 1.807) is 12.1 Å². The SMILES string of the molecule is CCCCc1ccc(C(=O)OCC(=O)Nc2sc3c(c2C#N)CCC3)cc1. The van der Waals surface area contributed by atoms with Gasteiger partial charge in [-0.3, -0.25) is 4.79 Å². The van der Waals surface area contributed by atoms with Gasteiger partial charge in [-0.05, 0) is 55.4 Å². The number of rotatable bonds is 7. The summed E-state index contributed by atoms with van der Waals surface area (Å²) in [5.41, 5.74) is 3.21. The molecule has 0 atom stereocenters. The number of fused-ring (bicyclic) bond motifs is 1. The Morgan fingerprint density at radius 3 is 2.74 bits per heavy atom. The van der Waals surface area contributed by atoms with Crippen LogP contribution in [0.4, 0.5) is 5.00 Å². The molecule has 0 saturated heterocycles. The maximum absolute atomic E-state index is 12.1. The number of carbonyl (C=O) groups is 2. The van der Waals surface area contributed by atoms with Crippen molar-refractivity contribution < 1.29 is 14.3 Å². The van der Waals surface area contributed by atoms with Gasteiger partial charge in [0, 0.05) is 4.88 Å². The van der Waals surface area contributed by atoms with Crippen molar-refractivity contribution in [2.75, 3.05) is 11.9 Å². The Morgan fingerprint density at radius 1 is 1.26 bits per heavy atom. The number of nitriles is 1. The van der Waals surface area contributed by atoms with Gasteiger partial charge in [0.1, 0.15) is 11.1 Å². The second-order valence-corrected chi connectivity index (χ2v) is 7.70. The maximum atomic E-state index is 12.1. The Labute approximate surface area is 163 Å². The van der Waals surface area contributed by atoms with Gasteiger partial charge in [-0.1, -0.05) is 25.5 Å². The standard InChI is InChI=1S/C21H22N2O3S/c1-2-3-5-14-8-10-15(11-9-14)21(25)26-13-19(24)23-20-17(12-22)16-6-4-7-18(16)27-20/h8-11H,2-7,13H2,1H3,(H,23,24). The molecule has 27 heavy (non-hydrogen) atoms. The predicted molar refractivity (Wildman–Crippen MR) is 105 cm³/mol. The molecular weight excluding hydrogens is 360 g/mol. The molecule has 140 valence electrons. The number of benzene rings is 1. The molecule has 1 aliphatic carbocycles.